The van der Waals surface area contributed by atoms with Crippen molar-refractivity contribution in [1.29, 1.82) is 0 Å². The van der Waals surface area contributed by atoms with Gasteiger partial charge in [0.15, 0.2) is 0 Å². The SMILES string of the molecule is O=C(O)NC1CCc2ccc(Oc3ccnc([As]C(=O)C4CC4)c3)cc2C1. The third-order valence-corrected chi connectivity index (χ3v) is 7.06. The number of rotatable bonds is 6. The summed E-state index contributed by atoms with van der Waals surface area (Å²) < 4.78 is 7.16. The molecule has 7 heteroatoms. The van der Waals surface area contributed by atoms with Gasteiger partial charge in [-0.3, -0.25) is 0 Å². The van der Waals surface area contributed by atoms with E-state index in [0.29, 0.717) is 22.5 Å². The molecule has 2 aliphatic rings. The van der Waals surface area contributed by atoms with Gasteiger partial charge in [0.2, 0.25) is 0 Å². The van der Waals surface area contributed by atoms with E-state index >= 15 is 0 Å². The van der Waals surface area contributed by atoms with Crippen LogP contribution in [0.5, 0.6) is 11.5 Å². The molecule has 1 unspecified atom stereocenters. The van der Waals surface area contributed by atoms with E-state index in [4.69, 9.17) is 9.84 Å². The zero-order valence-corrected chi connectivity index (χ0v) is 16.6. The molecule has 1 aromatic heterocycles. The Morgan fingerprint density at radius 3 is 2.70 bits per heavy atom. The third-order valence-electron chi connectivity index (χ3n) is 4.84. The Morgan fingerprint density at radius 2 is 1.93 bits per heavy atom. The minimum atomic E-state index is -0.983. The van der Waals surface area contributed by atoms with E-state index in [1.807, 2.05) is 24.3 Å². The number of fused-ring (bicyclic) bond motifs is 1. The van der Waals surface area contributed by atoms with Crippen molar-refractivity contribution in [2.45, 2.75) is 38.1 Å². The number of carbonyl (C=O) groups is 2. The first kappa shape index (κ1) is 18.1. The molecule has 2 N–H and O–H groups in total. The Morgan fingerprint density at radius 1 is 1.11 bits per heavy atom. The van der Waals surface area contributed by atoms with Crippen molar-refractivity contribution < 1.29 is 19.4 Å². The Bertz CT molecular complexity index is 882. The summed E-state index contributed by atoms with van der Waals surface area (Å²) in [5.74, 6) is 1.66. The molecule has 1 atom stereocenters. The van der Waals surface area contributed by atoms with Crippen LogP contribution in [0.2, 0.25) is 0 Å². The number of aryl methyl sites for hydroxylation is 1. The van der Waals surface area contributed by atoms with Crippen LogP contribution in [0.15, 0.2) is 36.5 Å². The number of hydrogen-bond donors (Lipinski definition) is 2. The van der Waals surface area contributed by atoms with E-state index in [2.05, 4.69) is 10.3 Å². The van der Waals surface area contributed by atoms with Crippen LogP contribution < -0.4 is 14.5 Å². The van der Waals surface area contributed by atoms with Crippen LogP contribution >= 0.6 is 0 Å². The molecule has 139 valence electrons. The van der Waals surface area contributed by atoms with Crippen molar-refractivity contribution in [3.8, 4) is 11.5 Å². The molecule has 1 radical (unpaired) electrons. The van der Waals surface area contributed by atoms with Crippen LogP contribution in [-0.2, 0) is 17.6 Å². The Hall–Kier alpha value is -2.33. The zero-order valence-electron chi connectivity index (χ0n) is 14.7. The molecule has 0 bridgehead atoms. The van der Waals surface area contributed by atoms with Crippen LogP contribution in [-0.4, -0.2) is 42.5 Å². The van der Waals surface area contributed by atoms with E-state index in [1.165, 1.54) is 5.56 Å². The molecule has 1 saturated carbocycles. The van der Waals surface area contributed by atoms with E-state index < -0.39 is 21.8 Å². The number of aromatic nitrogens is 1. The number of nitrogens with zero attached hydrogens (tertiary/aromatic N) is 1. The second-order valence-electron chi connectivity index (χ2n) is 7.00. The molecule has 27 heavy (non-hydrogen) atoms. The number of benzene rings is 1. The van der Waals surface area contributed by atoms with Crippen molar-refractivity contribution >= 4 is 30.9 Å². The molecule has 0 saturated heterocycles. The molecule has 4 rings (SSSR count). The first-order chi connectivity index (χ1) is 13.1. The molecule has 1 aromatic carbocycles. The third kappa shape index (κ3) is 4.69. The average molecular weight is 427 g/mol. The van der Waals surface area contributed by atoms with Crippen LogP contribution in [0.1, 0.15) is 30.4 Å². The van der Waals surface area contributed by atoms with Crippen molar-refractivity contribution in [2.24, 2.45) is 5.92 Å². The maximum atomic E-state index is 12.0. The van der Waals surface area contributed by atoms with Crippen molar-refractivity contribution in [3.05, 3.63) is 47.7 Å². The summed E-state index contributed by atoms with van der Waals surface area (Å²) in [6.45, 7) is 0. The fraction of sp³-hybridized carbons (Fsp3) is 0.350. The quantitative estimate of drug-likeness (QED) is 0.691. The Balaban J connectivity index is 1.45. The van der Waals surface area contributed by atoms with E-state index in [1.54, 1.807) is 12.3 Å². The molecular formula is C20H20AsN2O4. The predicted octanol–water partition coefficient (Wildman–Crippen LogP) is 2.26. The maximum absolute atomic E-state index is 12.0. The Labute approximate surface area is 164 Å². The normalized spacial score (nSPS) is 18.9. The number of carboxylic acid groups (broad SMARTS) is 1. The van der Waals surface area contributed by atoms with Gasteiger partial charge in [-0.25, -0.2) is 0 Å². The van der Waals surface area contributed by atoms with Gasteiger partial charge in [-0.2, -0.15) is 0 Å². The average Bonchev–Trinajstić information content (AvgIpc) is 3.46. The molecule has 0 aliphatic heterocycles. The van der Waals surface area contributed by atoms with Crippen molar-refractivity contribution in [2.75, 3.05) is 0 Å². The second kappa shape index (κ2) is 7.73. The molecule has 0 spiro atoms. The number of amides is 1. The molecule has 2 aromatic rings. The fourth-order valence-electron chi connectivity index (χ4n) is 3.29. The van der Waals surface area contributed by atoms with Gasteiger partial charge in [0, 0.05) is 0 Å². The molecule has 6 nitrogen and oxygen atoms in total. The van der Waals surface area contributed by atoms with Crippen molar-refractivity contribution in [3.63, 3.8) is 0 Å². The predicted molar refractivity (Wildman–Crippen MR) is 101 cm³/mol. The molecule has 1 fully saturated rings. The number of carbonyl (C=O) groups excluding carboxylic acids is 1. The van der Waals surface area contributed by atoms with Gasteiger partial charge >= 0.3 is 164 Å². The summed E-state index contributed by atoms with van der Waals surface area (Å²) in [6, 6.07) is 9.55. The van der Waals surface area contributed by atoms with Gasteiger partial charge in [-0.05, 0) is 0 Å². The van der Waals surface area contributed by atoms with E-state index in [9.17, 15) is 9.59 Å². The van der Waals surface area contributed by atoms with Crippen LogP contribution in [0.25, 0.3) is 0 Å². The van der Waals surface area contributed by atoms with Gasteiger partial charge in [-0.1, -0.05) is 0 Å². The number of hydrogen-bond acceptors (Lipinski definition) is 4. The molecule has 2 aliphatic carbocycles. The summed E-state index contributed by atoms with van der Waals surface area (Å²) in [6.07, 6.45) is 5.09. The summed E-state index contributed by atoms with van der Waals surface area (Å²) in [7, 11) is 0. The van der Waals surface area contributed by atoms with Crippen molar-refractivity contribution in [1.82, 2.24) is 10.3 Å². The van der Waals surface area contributed by atoms with Crippen LogP contribution in [0, 0.1) is 5.92 Å². The molecule has 1 amide bonds. The van der Waals surface area contributed by atoms with Crippen LogP contribution in [0.3, 0.4) is 0 Å². The standard InChI is InChI=1S/C20H20AsN2O4/c24-19(13-1-2-13)21-18-11-17(7-8-22-18)27-16-6-4-12-3-5-15(23-20(25)26)9-14(12)10-16/h4,6-8,10-11,13,15,23H,1-3,5,9H2,(H,25,26). The summed E-state index contributed by atoms with van der Waals surface area (Å²) in [4.78, 5) is 27.2. The fourth-order valence-corrected chi connectivity index (χ4v) is 5.35. The number of pyridine rings is 1. The van der Waals surface area contributed by atoms with E-state index in [-0.39, 0.29) is 12.0 Å². The summed E-state index contributed by atoms with van der Waals surface area (Å²) in [5, 5.41) is 11.5. The number of nitrogens with one attached hydrogen (secondary N) is 1. The van der Waals surface area contributed by atoms with Gasteiger partial charge in [0.1, 0.15) is 0 Å². The van der Waals surface area contributed by atoms with Gasteiger partial charge in [0.05, 0.1) is 0 Å². The second-order valence-corrected chi connectivity index (χ2v) is 9.35. The van der Waals surface area contributed by atoms with Crippen LogP contribution in [0.4, 0.5) is 4.79 Å². The van der Waals surface area contributed by atoms with E-state index in [0.717, 1.165) is 35.7 Å². The Kier molecular flexibility index (Phi) is 5.17. The van der Waals surface area contributed by atoms with Gasteiger partial charge in [0.25, 0.3) is 0 Å². The number of ether oxygens (including phenoxy) is 1. The summed E-state index contributed by atoms with van der Waals surface area (Å²) >= 11 is -0.565. The minimum absolute atomic E-state index is 0.0599. The molecule has 1 heterocycles. The summed E-state index contributed by atoms with van der Waals surface area (Å²) in [5.41, 5.74) is 2.35. The first-order valence-electron chi connectivity index (χ1n) is 9.07. The first-order valence-corrected chi connectivity index (χ1v) is 11.0. The topological polar surface area (TPSA) is 88.5 Å². The zero-order chi connectivity index (χ0) is 18.8. The van der Waals surface area contributed by atoms with Gasteiger partial charge < -0.3 is 0 Å². The van der Waals surface area contributed by atoms with Gasteiger partial charge in [-0.15, -0.1) is 0 Å². The monoisotopic (exact) mass is 427 g/mol. The molecular weight excluding hydrogens is 407 g/mol.